The van der Waals surface area contributed by atoms with Crippen molar-refractivity contribution in [1.82, 2.24) is 14.7 Å². The molecule has 2 heterocycles. The van der Waals surface area contributed by atoms with E-state index in [1.807, 2.05) is 0 Å². The molecule has 1 aromatic heterocycles. The van der Waals surface area contributed by atoms with Crippen molar-refractivity contribution in [3.63, 3.8) is 0 Å². The van der Waals surface area contributed by atoms with Crippen LogP contribution in [0.4, 0.5) is 14.5 Å². The summed E-state index contributed by atoms with van der Waals surface area (Å²) in [4.78, 5) is 12.0. The Morgan fingerprint density at radius 3 is 2.50 bits per heavy atom. The summed E-state index contributed by atoms with van der Waals surface area (Å²) in [7, 11) is -2.59. The van der Waals surface area contributed by atoms with Crippen molar-refractivity contribution in [2.24, 2.45) is 4.99 Å². The van der Waals surface area contributed by atoms with Gasteiger partial charge >= 0.3 is 6.01 Å². The van der Waals surface area contributed by atoms with E-state index in [0.717, 1.165) is 12.1 Å². The van der Waals surface area contributed by atoms with Gasteiger partial charge in [-0.25, -0.2) is 36.9 Å². The highest BCUT2D eigenvalue weighted by Crippen LogP contribution is 2.38. The normalized spacial score (nSPS) is 16.6. The van der Waals surface area contributed by atoms with Crippen LogP contribution < -0.4 is 14.8 Å². The second-order valence-electron chi connectivity index (χ2n) is 7.05. The summed E-state index contributed by atoms with van der Waals surface area (Å²) in [5.74, 6) is -2.03. The zero-order valence-electron chi connectivity index (χ0n) is 17.1. The Labute approximate surface area is 183 Å². The van der Waals surface area contributed by atoms with Crippen LogP contribution in [0.25, 0.3) is 0 Å². The molecule has 8 nitrogen and oxygen atoms in total. The van der Waals surface area contributed by atoms with Gasteiger partial charge in [0.2, 0.25) is 5.96 Å². The number of nitrogens with one attached hydrogen (secondary N) is 2. The maximum absolute atomic E-state index is 14.9. The highest BCUT2D eigenvalue weighted by atomic mass is 32.2. The van der Waals surface area contributed by atoms with Crippen molar-refractivity contribution in [2.45, 2.75) is 24.3 Å². The Kier molecular flexibility index (Phi) is 5.74. The van der Waals surface area contributed by atoms with Crippen LogP contribution in [0.3, 0.4) is 0 Å². The summed E-state index contributed by atoms with van der Waals surface area (Å²) in [6.07, 6.45) is 2.99. The fraction of sp³-hybridized carbons (Fsp3) is 0.190. The minimum Gasteiger partial charge on any atom is -0.467 e. The third-order valence-corrected chi connectivity index (χ3v) is 6.39. The quantitative estimate of drug-likeness (QED) is 0.607. The molecule has 0 saturated carbocycles. The van der Waals surface area contributed by atoms with Gasteiger partial charge in [-0.3, -0.25) is 0 Å². The van der Waals surface area contributed by atoms with Gasteiger partial charge in [0, 0.05) is 29.4 Å². The Morgan fingerprint density at radius 2 is 1.81 bits per heavy atom. The number of guanidine groups is 1. The zero-order valence-corrected chi connectivity index (χ0v) is 18.0. The van der Waals surface area contributed by atoms with Gasteiger partial charge in [0.15, 0.2) is 0 Å². The number of aromatic nitrogens is 2. The molecule has 0 unspecified atom stereocenters. The minimum atomic E-state index is -4.03. The number of methoxy groups -OCH3 is 1. The molecule has 1 atom stereocenters. The minimum absolute atomic E-state index is 0.0178. The maximum atomic E-state index is 14.9. The number of hydrogen-bond donors (Lipinski definition) is 2. The molecule has 1 aliphatic heterocycles. The van der Waals surface area contributed by atoms with Gasteiger partial charge in [0.05, 0.1) is 19.3 Å². The number of rotatable bonds is 5. The van der Waals surface area contributed by atoms with Crippen molar-refractivity contribution >= 4 is 21.7 Å². The predicted octanol–water partition coefficient (Wildman–Crippen LogP) is 3.18. The molecule has 11 heteroatoms. The van der Waals surface area contributed by atoms with Gasteiger partial charge in [-0.05, 0) is 23.8 Å². The zero-order chi connectivity index (χ0) is 22.9. The Hall–Kier alpha value is -3.60. The molecule has 3 aromatic rings. The van der Waals surface area contributed by atoms with Crippen LogP contribution in [0, 0.1) is 11.6 Å². The molecule has 32 heavy (non-hydrogen) atoms. The highest BCUT2D eigenvalue weighted by molar-refractivity contribution is 7.90. The Morgan fingerprint density at radius 1 is 1.09 bits per heavy atom. The molecule has 2 aromatic carbocycles. The van der Waals surface area contributed by atoms with Gasteiger partial charge in [0.1, 0.15) is 16.5 Å². The van der Waals surface area contributed by atoms with Gasteiger partial charge in [0.25, 0.3) is 10.0 Å². The van der Waals surface area contributed by atoms with Crippen LogP contribution in [0.2, 0.25) is 0 Å². The van der Waals surface area contributed by atoms with Crippen LogP contribution in [0.1, 0.15) is 29.5 Å². The maximum Gasteiger partial charge on any atom is 0.316 e. The smallest absolute Gasteiger partial charge is 0.316 e. The summed E-state index contributed by atoms with van der Waals surface area (Å²) in [5.41, 5.74) is 0.887. The first-order chi connectivity index (χ1) is 15.3. The molecule has 0 aliphatic carbocycles. The number of sulfonamides is 1. The van der Waals surface area contributed by atoms with Crippen molar-refractivity contribution in [3.05, 3.63) is 77.1 Å². The van der Waals surface area contributed by atoms with E-state index in [1.54, 1.807) is 13.0 Å². The van der Waals surface area contributed by atoms with E-state index >= 15 is 0 Å². The second kappa shape index (κ2) is 8.50. The summed E-state index contributed by atoms with van der Waals surface area (Å²) in [5, 5.41) is 2.86. The fourth-order valence-corrected chi connectivity index (χ4v) is 4.59. The summed E-state index contributed by atoms with van der Waals surface area (Å²) >= 11 is 0. The molecule has 0 amide bonds. The Balaban J connectivity index is 1.73. The van der Waals surface area contributed by atoms with Gasteiger partial charge in [-0.2, -0.15) is 0 Å². The summed E-state index contributed by atoms with van der Waals surface area (Å²) < 4.78 is 62.1. The monoisotopic (exact) mass is 459 g/mol. The molecule has 0 spiro atoms. The van der Waals surface area contributed by atoms with Crippen LogP contribution in [-0.2, 0) is 16.6 Å². The Bertz CT molecular complexity index is 1300. The number of halogens is 2. The second-order valence-corrected chi connectivity index (χ2v) is 8.70. The SMILES string of the molecule is COc1ncc(CN=C2Nc3c(ccc(F)c3[C@@H](C)c3ccccc3F)S(=O)(=O)N2)cn1. The van der Waals surface area contributed by atoms with Crippen LogP contribution in [-0.4, -0.2) is 31.5 Å². The lowest BCUT2D eigenvalue weighted by Gasteiger charge is -2.26. The molecule has 1 aliphatic rings. The number of ether oxygens (including phenoxy) is 1. The largest absolute Gasteiger partial charge is 0.467 e. The molecule has 0 bridgehead atoms. The number of fused-ring (bicyclic) bond motifs is 1. The number of benzene rings is 2. The van der Waals surface area contributed by atoms with E-state index in [1.165, 1.54) is 37.7 Å². The van der Waals surface area contributed by atoms with Gasteiger partial charge in [-0.1, -0.05) is 25.1 Å². The standard InChI is InChI=1S/C21H19F2N5O3S/c1-12(14-5-3-4-6-15(14)22)18-16(23)7-8-17-19(18)27-20(28-32(17,29)30)24-9-13-10-25-21(31-2)26-11-13/h3-8,10-12H,9H2,1-2H3,(H2,24,27,28)/t12-/m0/s1. The van der Waals surface area contributed by atoms with E-state index < -0.39 is 27.6 Å². The van der Waals surface area contributed by atoms with Crippen molar-refractivity contribution in [3.8, 4) is 6.01 Å². The van der Waals surface area contributed by atoms with E-state index in [2.05, 4.69) is 25.0 Å². The lowest BCUT2D eigenvalue weighted by atomic mass is 9.91. The van der Waals surface area contributed by atoms with Crippen LogP contribution in [0.15, 0.2) is 58.7 Å². The average Bonchev–Trinajstić information content (AvgIpc) is 2.77. The van der Waals surface area contributed by atoms with E-state index in [4.69, 9.17) is 4.74 Å². The van der Waals surface area contributed by atoms with Crippen molar-refractivity contribution in [1.29, 1.82) is 0 Å². The summed E-state index contributed by atoms with van der Waals surface area (Å²) in [6, 6.07) is 8.38. The molecular weight excluding hydrogens is 440 g/mol. The summed E-state index contributed by atoms with van der Waals surface area (Å²) in [6.45, 7) is 1.66. The number of aliphatic imine (C=N–C) groups is 1. The van der Waals surface area contributed by atoms with Crippen molar-refractivity contribution < 1.29 is 21.9 Å². The van der Waals surface area contributed by atoms with Gasteiger partial charge < -0.3 is 10.1 Å². The topological polar surface area (TPSA) is 106 Å². The average molecular weight is 459 g/mol. The van der Waals surface area contributed by atoms with Crippen molar-refractivity contribution in [2.75, 3.05) is 12.4 Å². The lowest BCUT2D eigenvalue weighted by Crippen LogP contribution is -2.41. The van der Waals surface area contributed by atoms with E-state index in [9.17, 15) is 17.2 Å². The molecular formula is C21H19F2N5O3S. The molecule has 0 radical (unpaired) electrons. The van der Waals surface area contributed by atoms with Crippen LogP contribution >= 0.6 is 0 Å². The molecule has 166 valence electrons. The molecule has 0 fully saturated rings. The van der Waals surface area contributed by atoms with E-state index in [-0.39, 0.29) is 40.2 Å². The van der Waals surface area contributed by atoms with E-state index in [0.29, 0.717) is 5.56 Å². The number of anilines is 1. The highest BCUT2D eigenvalue weighted by Gasteiger charge is 2.32. The number of nitrogens with zero attached hydrogens (tertiary/aromatic N) is 3. The fourth-order valence-electron chi connectivity index (χ4n) is 3.43. The third-order valence-electron chi connectivity index (χ3n) is 5.01. The lowest BCUT2D eigenvalue weighted by molar-refractivity contribution is 0.379. The van der Waals surface area contributed by atoms with Crippen LogP contribution in [0.5, 0.6) is 6.01 Å². The molecule has 4 rings (SSSR count). The molecule has 0 saturated heterocycles. The molecule has 2 N–H and O–H groups in total. The number of hydrogen-bond acceptors (Lipinski definition) is 6. The van der Waals surface area contributed by atoms with Gasteiger partial charge in [-0.15, -0.1) is 0 Å². The first-order valence-electron chi connectivity index (χ1n) is 9.56. The first kappa shape index (κ1) is 21.6. The first-order valence-corrected chi connectivity index (χ1v) is 11.0. The third kappa shape index (κ3) is 4.11. The predicted molar refractivity (Wildman–Crippen MR) is 114 cm³/mol.